The predicted octanol–water partition coefficient (Wildman–Crippen LogP) is 4.37. The fourth-order valence-electron chi connectivity index (χ4n) is 5.22. The fraction of sp³-hybridized carbons (Fsp3) is 0.161. The molecule has 6 rings (SSSR count). The first-order valence-electron chi connectivity index (χ1n) is 12.8. The highest BCUT2D eigenvalue weighted by Crippen LogP contribution is 2.36. The molecule has 2 aliphatic heterocycles. The molecule has 40 heavy (non-hydrogen) atoms. The number of anilines is 1. The van der Waals surface area contributed by atoms with Crippen LogP contribution in [0.1, 0.15) is 36.6 Å². The summed E-state index contributed by atoms with van der Waals surface area (Å²) in [7, 11) is 0. The third-order valence-electron chi connectivity index (χ3n) is 7.01. The minimum Gasteiger partial charge on any atom is -0.463 e. The van der Waals surface area contributed by atoms with Gasteiger partial charge in [0, 0.05) is 10.6 Å². The van der Waals surface area contributed by atoms with Gasteiger partial charge in [-0.3, -0.25) is 14.2 Å². The van der Waals surface area contributed by atoms with E-state index in [-0.39, 0.29) is 22.6 Å². The zero-order chi connectivity index (χ0) is 28.0. The molecule has 4 aromatic rings. The fourth-order valence-corrected chi connectivity index (χ4v) is 6.48. The van der Waals surface area contributed by atoms with Crippen molar-refractivity contribution in [2.45, 2.75) is 26.4 Å². The number of nitrogens with zero attached hydrogens (tertiary/aromatic N) is 3. The van der Waals surface area contributed by atoms with E-state index in [1.54, 1.807) is 30.9 Å². The highest BCUT2D eigenvalue weighted by molar-refractivity contribution is 7.07. The minimum atomic E-state index is -0.734. The van der Waals surface area contributed by atoms with Crippen molar-refractivity contribution in [2.24, 2.45) is 4.99 Å². The van der Waals surface area contributed by atoms with Crippen molar-refractivity contribution in [3.05, 3.63) is 132 Å². The van der Waals surface area contributed by atoms with E-state index >= 15 is 0 Å². The van der Waals surface area contributed by atoms with Crippen LogP contribution in [0.3, 0.4) is 0 Å². The van der Waals surface area contributed by atoms with E-state index in [9.17, 15) is 14.4 Å². The van der Waals surface area contributed by atoms with E-state index in [4.69, 9.17) is 16.3 Å². The van der Waals surface area contributed by atoms with Crippen LogP contribution in [0, 0.1) is 0 Å². The van der Waals surface area contributed by atoms with E-state index in [2.05, 4.69) is 4.99 Å². The topological polar surface area (TPSA) is 81.0 Å². The van der Waals surface area contributed by atoms with Gasteiger partial charge in [0.25, 0.3) is 11.5 Å². The molecule has 1 amide bonds. The molecule has 0 saturated heterocycles. The standard InChI is InChI=1S/C31H24ClN3O4S/c1-3-39-30(38)24-18(2)33-31-35(26(24)20-9-5-4-6-10-20)29(37)27(40-31)25-22-11-7-8-12-23(22)34(28(25)36)17-19-13-15-21(32)16-14-19/h4-16,26H,3,17H2,1-2H3/b27-25+/t26-/m0/s1. The van der Waals surface area contributed by atoms with E-state index in [0.717, 1.165) is 28.2 Å². The summed E-state index contributed by atoms with van der Waals surface area (Å²) < 4.78 is 7.16. The number of halogens is 1. The number of benzene rings is 3. The quantitative estimate of drug-likeness (QED) is 0.334. The Morgan fingerprint density at radius 2 is 1.70 bits per heavy atom. The molecular formula is C31H24ClN3O4S. The number of allylic oxidation sites excluding steroid dienone is 1. The van der Waals surface area contributed by atoms with Crippen molar-refractivity contribution < 1.29 is 14.3 Å². The Kier molecular flexibility index (Phi) is 6.73. The first kappa shape index (κ1) is 26.0. The maximum atomic E-state index is 14.2. The monoisotopic (exact) mass is 569 g/mol. The number of thiazole rings is 1. The molecule has 0 aliphatic carbocycles. The van der Waals surface area contributed by atoms with Gasteiger partial charge < -0.3 is 9.64 Å². The lowest BCUT2D eigenvalue weighted by molar-refractivity contribution is -0.139. The SMILES string of the molecule is CCOC(=O)C1=C(C)N=c2s/c(=C3/C(=O)N(Cc4ccc(Cl)cc4)c4ccccc43)c(=O)n2[C@H]1c1ccccc1. The molecule has 1 aromatic heterocycles. The lowest BCUT2D eigenvalue weighted by atomic mass is 9.96. The number of fused-ring (bicyclic) bond motifs is 2. The second kappa shape index (κ2) is 10.4. The van der Waals surface area contributed by atoms with E-state index < -0.39 is 12.0 Å². The Labute approximate surface area is 238 Å². The molecule has 0 saturated carbocycles. The second-order valence-electron chi connectivity index (χ2n) is 9.44. The molecule has 1 atom stereocenters. The third kappa shape index (κ3) is 4.29. The van der Waals surface area contributed by atoms with Gasteiger partial charge in [0.1, 0.15) is 4.53 Å². The van der Waals surface area contributed by atoms with Gasteiger partial charge in [-0.05, 0) is 43.2 Å². The van der Waals surface area contributed by atoms with Crippen molar-refractivity contribution in [2.75, 3.05) is 11.5 Å². The number of amides is 1. The van der Waals surface area contributed by atoms with Crippen LogP contribution in [0.2, 0.25) is 5.02 Å². The summed E-state index contributed by atoms with van der Waals surface area (Å²) in [6.45, 7) is 4.00. The van der Waals surface area contributed by atoms with Crippen LogP contribution in [0.15, 0.2) is 99.9 Å². The van der Waals surface area contributed by atoms with Crippen molar-refractivity contribution in [1.29, 1.82) is 0 Å². The van der Waals surface area contributed by atoms with Gasteiger partial charge >= 0.3 is 5.97 Å². The number of carbonyl (C=O) groups excluding carboxylic acids is 2. The number of aromatic nitrogens is 1. The van der Waals surface area contributed by atoms with Crippen LogP contribution < -0.4 is 19.8 Å². The van der Waals surface area contributed by atoms with Gasteiger partial charge in [-0.15, -0.1) is 0 Å². The van der Waals surface area contributed by atoms with Gasteiger partial charge in [-0.25, -0.2) is 9.79 Å². The molecule has 200 valence electrons. The predicted molar refractivity (Wildman–Crippen MR) is 155 cm³/mol. The number of esters is 1. The lowest BCUT2D eigenvalue weighted by Crippen LogP contribution is -2.41. The highest BCUT2D eigenvalue weighted by Gasteiger charge is 2.37. The molecule has 0 bridgehead atoms. The molecule has 3 aromatic carbocycles. The van der Waals surface area contributed by atoms with Crippen LogP contribution in [-0.2, 0) is 20.9 Å². The van der Waals surface area contributed by atoms with E-state index in [0.29, 0.717) is 38.8 Å². The summed E-state index contributed by atoms with van der Waals surface area (Å²) in [5.74, 6) is -0.786. The van der Waals surface area contributed by atoms with Gasteiger partial charge in [-0.1, -0.05) is 83.6 Å². The molecule has 0 radical (unpaired) electrons. The Morgan fingerprint density at radius 1 is 1.00 bits per heavy atom. The zero-order valence-corrected chi connectivity index (χ0v) is 23.3. The summed E-state index contributed by atoms with van der Waals surface area (Å²) in [6.07, 6.45) is 0. The van der Waals surface area contributed by atoms with Crippen LogP contribution >= 0.6 is 22.9 Å². The second-order valence-corrected chi connectivity index (χ2v) is 10.9. The van der Waals surface area contributed by atoms with Crippen LogP contribution in [0.4, 0.5) is 5.69 Å². The van der Waals surface area contributed by atoms with E-state index in [1.807, 2.05) is 66.7 Å². The highest BCUT2D eigenvalue weighted by atomic mass is 35.5. The Morgan fingerprint density at radius 3 is 2.42 bits per heavy atom. The van der Waals surface area contributed by atoms with Gasteiger partial charge in [-0.2, -0.15) is 0 Å². The molecule has 0 unspecified atom stereocenters. The number of ether oxygens (including phenoxy) is 1. The lowest BCUT2D eigenvalue weighted by Gasteiger charge is -2.24. The molecule has 2 aliphatic rings. The van der Waals surface area contributed by atoms with Crippen molar-refractivity contribution in [3.8, 4) is 0 Å². The molecule has 9 heteroatoms. The summed E-state index contributed by atoms with van der Waals surface area (Å²) in [5, 5.41) is 0.615. The maximum absolute atomic E-state index is 14.2. The molecule has 7 nitrogen and oxygen atoms in total. The summed E-state index contributed by atoms with van der Waals surface area (Å²) in [5.41, 5.74) is 3.81. The third-order valence-corrected chi connectivity index (χ3v) is 8.32. The first-order valence-corrected chi connectivity index (χ1v) is 14.0. The smallest absolute Gasteiger partial charge is 0.338 e. The number of hydrogen-bond donors (Lipinski definition) is 0. The largest absolute Gasteiger partial charge is 0.463 e. The maximum Gasteiger partial charge on any atom is 0.338 e. The molecule has 0 spiro atoms. The zero-order valence-electron chi connectivity index (χ0n) is 21.8. The Balaban J connectivity index is 1.56. The van der Waals surface area contributed by atoms with Gasteiger partial charge in [0.15, 0.2) is 4.80 Å². The first-order chi connectivity index (χ1) is 19.4. The van der Waals surface area contributed by atoms with Crippen molar-refractivity contribution in [1.82, 2.24) is 4.57 Å². The van der Waals surface area contributed by atoms with Crippen LogP contribution in [-0.4, -0.2) is 23.1 Å². The normalized spacial score (nSPS) is 17.4. The number of para-hydroxylation sites is 1. The number of rotatable bonds is 5. The average molecular weight is 570 g/mol. The average Bonchev–Trinajstić information content (AvgIpc) is 3.42. The van der Waals surface area contributed by atoms with Crippen molar-refractivity contribution in [3.63, 3.8) is 0 Å². The minimum absolute atomic E-state index is 0.195. The Bertz CT molecular complexity index is 1870. The van der Waals surface area contributed by atoms with Crippen LogP contribution in [0.5, 0.6) is 0 Å². The van der Waals surface area contributed by atoms with Crippen molar-refractivity contribution >= 4 is 46.1 Å². The van der Waals surface area contributed by atoms with E-state index in [1.165, 1.54) is 4.57 Å². The van der Waals surface area contributed by atoms with Gasteiger partial charge in [0.05, 0.1) is 41.7 Å². The molecular weight excluding hydrogens is 546 g/mol. The molecule has 0 N–H and O–H groups in total. The Hall–Kier alpha value is -4.27. The molecule has 0 fully saturated rings. The summed E-state index contributed by atoms with van der Waals surface area (Å²) in [6, 6.07) is 23.4. The summed E-state index contributed by atoms with van der Waals surface area (Å²) >= 11 is 7.22. The summed E-state index contributed by atoms with van der Waals surface area (Å²) in [4.78, 5) is 48.0. The number of carbonyl (C=O) groups is 2. The van der Waals surface area contributed by atoms with Crippen LogP contribution in [0.25, 0.3) is 5.57 Å². The van der Waals surface area contributed by atoms with Gasteiger partial charge in [0.2, 0.25) is 0 Å². The number of hydrogen-bond acceptors (Lipinski definition) is 6. The molecule has 3 heterocycles.